The molecule has 2 nitrogen and oxygen atoms in total. The molecule has 2 aliphatic carbocycles. The van der Waals surface area contributed by atoms with Gasteiger partial charge in [0, 0.05) is 5.92 Å². The van der Waals surface area contributed by atoms with Crippen LogP contribution in [0.3, 0.4) is 0 Å². The van der Waals surface area contributed by atoms with Gasteiger partial charge in [-0.05, 0) is 31.6 Å². The molecule has 2 aliphatic rings. The minimum absolute atomic E-state index is 0.0242. The Balaban J connectivity index is 1.75. The molecular weight excluding hydrogens is 176 g/mol. The highest BCUT2D eigenvalue weighted by atomic mass is 16.5. The summed E-state index contributed by atoms with van der Waals surface area (Å²) in [5.41, 5.74) is 0. The molecule has 2 atom stereocenters. The van der Waals surface area contributed by atoms with Crippen molar-refractivity contribution < 1.29 is 9.53 Å². The topological polar surface area (TPSA) is 26.3 Å². The van der Waals surface area contributed by atoms with Crippen LogP contribution in [-0.4, -0.2) is 12.6 Å². The van der Waals surface area contributed by atoms with E-state index in [0.29, 0.717) is 18.4 Å². The molecule has 0 radical (unpaired) electrons. The maximum Gasteiger partial charge on any atom is 0.308 e. The summed E-state index contributed by atoms with van der Waals surface area (Å²) < 4.78 is 5.29. The summed E-state index contributed by atoms with van der Waals surface area (Å²) in [5, 5.41) is 0. The molecule has 0 N–H and O–H groups in total. The van der Waals surface area contributed by atoms with E-state index in [1.54, 1.807) is 0 Å². The van der Waals surface area contributed by atoms with Crippen molar-refractivity contribution in [3.05, 3.63) is 12.2 Å². The van der Waals surface area contributed by atoms with Gasteiger partial charge in [0.2, 0.25) is 0 Å². The molecule has 78 valence electrons. The largest absolute Gasteiger partial charge is 0.465 e. The number of esters is 1. The minimum Gasteiger partial charge on any atom is -0.465 e. The van der Waals surface area contributed by atoms with Crippen molar-refractivity contribution in [2.75, 3.05) is 6.61 Å². The van der Waals surface area contributed by atoms with E-state index in [-0.39, 0.29) is 11.9 Å². The third-order valence-corrected chi connectivity index (χ3v) is 3.23. The molecule has 0 bridgehead atoms. The smallest absolute Gasteiger partial charge is 0.308 e. The van der Waals surface area contributed by atoms with Gasteiger partial charge in [-0.1, -0.05) is 19.1 Å². The van der Waals surface area contributed by atoms with Crippen molar-refractivity contribution in [2.24, 2.45) is 17.8 Å². The fourth-order valence-electron chi connectivity index (χ4n) is 1.87. The summed E-state index contributed by atoms with van der Waals surface area (Å²) in [6.07, 6.45) is 8.88. The minimum atomic E-state index is 0.0242. The number of rotatable bonds is 3. The van der Waals surface area contributed by atoms with Crippen molar-refractivity contribution >= 4 is 5.97 Å². The number of hydrogen-bond donors (Lipinski definition) is 0. The Morgan fingerprint density at radius 3 is 2.86 bits per heavy atom. The summed E-state index contributed by atoms with van der Waals surface area (Å²) >= 11 is 0. The highest BCUT2D eigenvalue weighted by Gasteiger charge is 2.32. The zero-order chi connectivity index (χ0) is 9.97. The normalized spacial score (nSPS) is 31.5. The molecule has 0 amide bonds. The fourth-order valence-corrected chi connectivity index (χ4v) is 1.87. The summed E-state index contributed by atoms with van der Waals surface area (Å²) in [4.78, 5) is 11.3. The zero-order valence-electron chi connectivity index (χ0n) is 8.74. The molecule has 0 saturated heterocycles. The lowest BCUT2D eigenvalue weighted by Gasteiger charge is -2.23. The van der Waals surface area contributed by atoms with Crippen molar-refractivity contribution in [1.82, 2.24) is 0 Å². The van der Waals surface area contributed by atoms with Crippen LogP contribution >= 0.6 is 0 Å². The Morgan fingerprint density at radius 1 is 1.43 bits per heavy atom. The Kier molecular flexibility index (Phi) is 2.90. The molecule has 0 aromatic rings. The summed E-state index contributed by atoms with van der Waals surface area (Å²) in [6.45, 7) is 2.83. The van der Waals surface area contributed by atoms with Crippen LogP contribution in [0.25, 0.3) is 0 Å². The fraction of sp³-hybridized carbons (Fsp3) is 0.750. The molecule has 0 spiro atoms. The number of allylic oxidation sites excluding steroid dienone is 1. The molecule has 14 heavy (non-hydrogen) atoms. The molecular formula is C12H18O2. The second kappa shape index (κ2) is 4.16. The maximum atomic E-state index is 11.3. The van der Waals surface area contributed by atoms with E-state index in [0.717, 1.165) is 12.8 Å². The Morgan fingerprint density at radius 2 is 2.21 bits per heavy atom. The van der Waals surface area contributed by atoms with Gasteiger partial charge >= 0.3 is 5.97 Å². The molecule has 0 aromatic carbocycles. The van der Waals surface area contributed by atoms with Crippen LogP contribution in [0.4, 0.5) is 0 Å². The van der Waals surface area contributed by atoms with Crippen LogP contribution in [0.15, 0.2) is 12.2 Å². The first-order valence-electron chi connectivity index (χ1n) is 5.60. The van der Waals surface area contributed by atoms with Gasteiger partial charge in [0.05, 0.1) is 12.5 Å². The highest BCUT2D eigenvalue weighted by molar-refractivity contribution is 5.74. The summed E-state index contributed by atoms with van der Waals surface area (Å²) in [5.74, 6) is 1.37. The Hall–Kier alpha value is -0.790. The molecule has 2 unspecified atom stereocenters. The van der Waals surface area contributed by atoms with Crippen molar-refractivity contribution in [2.45, 2.75) is 32.6 Å². The predicted molar refractivity (Wildman–Crippen MR) is 54.7 cm³/mol. The van der Waals surface area contributed by atoms with Gasteiger partial charge in [-0.15, -0.1) is 0 Å². The Labute approximate surface area is 85.3 Å². The van der Waals surface area contributed by atoms with Crippen LogP contribution in [0.5, 0.6) is 0 Å². The van der Waals surface area contributed by atoms with E-state index < -0.39 is 0 Å². The lowest BCUT2D eigenvalue weighted by molar-refractivity contribution is -0.146. The number of carbonyl (C=O) groups excluding carboxylic acids is 1. The first-order valence-corrected chi connectivity index (χ1v) is 5.60. The van der Waals surface area contributed by atoms with Gasteiger partial charge in [-0.3, -0.25) is 4.79 Å². The van der Waals surface area contributed by atoms with Gasteiger partial charge < -0.3 is 4.74 Å². The van der Waals surface area contributed by atoms with Gasteiger partial charge in [0.1, 0.15) is 0 Å². The number of carbonyl (C=O) groups is 1. The van der Waals surface area contributed by atoms with Gasteiger partial charge in [0.25, 0.3) is 0 Å². The van der Waals surface area contributed by atoms with Crippen molar-refractivity contribution in [3.8, 4) is 0 Å². The van der Waals surface area contributed by atoms with Crippen molar-refractivity contribution in [3.63, 3.8) is 0 Å². The first-order chi connectivity index (χ1) is 6.77. The van der Waals surface area contributed by atoms with Crippen LogP contribution in [0, 0.1) is 17.8 Å². The predicted octanol–water partition coefficient (Wildman–Crippen LogP) is 2.54. The lowest BCUT2D eigenvalue weighted by atomic mass is 9.86. The van der Waals surface area contributed by atoms with E-state index in [9.17, 15) is 4.79 Å². The first kappa shape index (κ1) is 9.75. The number of hydrogen-bond acceptors (Lipinski definition) is 2. The van der Waals surface area contributed by atoms with E-state index in [2.05, 4.69) is 19.1 Å². The second-order valence-electron chi connectivity index (χ2n) is 4.55. The monoisotopic (exact) mass is 194 g/mol. The van der Waals surface area contributed by atoms with Gasteiger partial charge in [-0.2, -0.15) is 0 Å². The van der Waals surface area contributed by atoms with E-state index in [1.807, 2.05) is 0 Å². The van der Waals surface area contributed by atoms with Crippen LogP contribution in [-0.2, 0) is 9.53 Å². The second-order valence-corrected chi connectivity index (χ2v) is 4.55. The molecule has 0 aromatic heterocycles. The standard InChI is InChI=1S/C12H18O2/c1-9-4-2-3-5-11(9)8-14-12(13)10-6-7-10/h3,5,9-11H,2,4,6-8H2,1H3. The van der Waals surface area contributed by atoms with E-state index in [1.165, 1.54) is 12.8 Å². The van der Waals surface area contributed by atoms with E-state index >= 15 is 0 Å². The summed E-state index contributed by atoms with van der Waals surface area (Å²) in [7, 11) is 0. The molecule has 2 heteroatoms. The highest BCUT2D eigenvalue weighted by Crippen LogP contribution is 2.31. The summed E-state index contributed by atoms with van der Waals surface area (Å²) in [6, 6.07) is 0. The Bertz CT molecular complexity index is 241. The lowest BCUT2D eigenvalue weighted by Crippen LogP contribution is -2.21. The molecule has 1 saturated carbocycles. The maximum absolute atomic E-state index is 11.3. The molecule has 2 rings (SSSR count). The average Bonchev–Trinajstić information content (AvgIpc) is 2.99. The molecule has 1 fully saturated rings. The SMILES string of the molecule is CC1CCC=CC1COC(=O)C1CC1. The van der Waals surface area contributed by atoms with E-state index in [4.69, 9.17) is 4.74 Å². The van der Waals surface area contributed by atoms with Crippen LogP contribution in [0.2, 0.25) is 0 Å². The van der Waals surface area contributed by atoms with Crippen molar-refractivity contribution in [1.29, 1.82) is 0 Å². The van der Waals surface area contributed by atoms with Crippen LogP contribution in [0.1, 0.15) is 32.6 Å². The van der Waals surface area contributed by atoms with Gasteiger partial charge in [-0.25, -0.2) is 0 Å². The average molecular weight is 194 g/mol. The molecule has 0 aliphatic heterocycles. The van der Waals surface area contributed by atoms with Gasteiger partial charge in [0.15, 0.2) is 0 Å². The molecule has 0 heterocycles. The third kappa shape index (κ3) is 2.37. The quantitative estimate of drug-likeness (QED) is 0.510. The number of ether oxygens (including phenoxy) is 1. The van der Waals surface area contributed by atoms with Crippen LogP contribution < -0.4 is 0 Å². The third-order valence-electron chi connectivity index (χ3n) is 3.23. The zero-order valence-corrected chi connectivity index (χ0v) is 8.74.